The zero-order valence-electron chi connectivity index (χ0n) is 12.3. The van der Waals surface area contributed by atoms with E-state index in [1.165, 1.54) is 5.41 Å². The maximum Gasteiger partial charge on any atom is 0.234 e. The molecule has 0 atom stereocenters. The van der Waals surface area contributed by atoms with Gasteiger partial charge in [-0.05, 0) is 30.9 Å². The first-order chi connectivity index (χ1) is 10.6. The monoisotopic (exact) mass is 317 g/mol. The van der Waals surface area contributed by atoms with Crippen LogP contribution in [0.1, 0.15) is 29.7 Å². The molecule has 1 N–H and O–H groups in total. The molecule has 0 amide bonds. The fraction of sp³-hybridized carbons (Fsp3) is 0.312. The molecule has 0 fully saturated rings. The Morgan fingerprint density at radius 2 is 2.05 bits per heavy atom. The highest BCUT2D eigenvalue weighted by molar-refractivity contribution is 7.92. The van der Waals surface area contributed by atoms with Crippen LogP contribution in [0.15, 0.2) is 41.9 Å². The van der Waals surface area contributed by atoms with Crippen molar-refractivity contribution in [3.8, 4) is 0 Å². The van der Waals surface area contributed by atoms with Crippen molar-refractivity contribution in [3.63, 3.8) is 0 Å². The van der Waals surface area contributed by atoms with E-state index >= 15 is 0 Å². The highest BCUT2D eigenvalue weighted by Gasteiger charge is 2.15. The van der Waals surface area contributed by atoms with E-state index in [0.717, 1.165) is 42.6 Å². The largest absolute Gasteiger partial charge is 0.269 e. The molecule has 0 bridgehead atoms. The van der Waals surface area contributed by atoms with Crippen LogP contribution in [-0.2, 0) is 29.5 Å². The highest BCUT2D eigenvalue weighted by atomic mass is 32.2. The summed E-state index contributed by atoms with van der Waals surface area (Å²) in [5.41, 5.74) is 2.98. The van der Waals surface area contributed by atoms with Crippen LogP contribution in [0.5, 0.6) is 0 Å². The normalized spacial score (nSPS) is 15.1. The van der Waals surface area contributed by atoms with Crippen LogP contribution < -0.4 is 4.72 Å². The lowest BCUT2D eigenvalue weighted by Crippen LogP contribution is -2.22. The van der Waals surface area contributed by atoms with Gasteiger partial charge in [-0.25, -0.2) is 13.1 Å². The van der Waals surface area contributed by atoms with Crippen molar-refractivity contribution in [2.45, 2.75) is 32.4 Å². The maximum absolute atomic E-state index is 12.0. The molecule has 5 nitrogen and oxygen atoms in total. The van der Waals surface area contributed by atoms with Gasteiger partial charge in [0.05, 0.1) is 6.20 Å². The topological polar surface area (TPSA) is 64.0 Å². The van der Waals surface area contributed by atoms with Crippen LogP contribution in [-0.4, -0.2) is 18.2 Å². The summed E-state index contributed by atoms with van der Waals surface area (Å²) < 4.78 is 28.7. The molecule has 2 heterocycles. The Bertz CT molecular complexity index is 764. The molecule has 1 aliphatic heterocycles. The molecule has 0 aliphatic carbocycles. The SMILES string of the molecule is O=S(=O)(C=Cc1ccccc1)NCc1cnn2c1CCCC2. The minimum Gasteiger partial charge on any atom is -0.269 e. The van der Waals surface area contributed by atoms with Crippen LogP contribution in [0, 0.1) is 0 Å². The summed E-state index contributed by atoms with van der Waals surface area (Å²) >= 11 is 0. The second kappa shape index (κ2) is 6.46. The molecule has 1 aliphatic rings. The minimum atomic E-state index is -3.45. The van der Waals surface area contributed by atoms with Gasteiger partial charge in [-0.15, -0.1) is 0 Å². The van der Waals surface area contributed by atoms with Crippen molar-refractivity contribution in [2.24, 2.45) is 0 Å². The van der Waals surface area contributed by atoms with E-state index in [2.05, 4.69) is 9.82 Å². The van der Waals surface area contributed by atoms with E-state index in [4.69, 9.17) is 0 Å². The summed E-state index contributed by atoms with van der Waals surface area (Å²) in [6, 6.07) is 9.37. The average molecular weight is 317 g/mol. The number of hydrogen-bond acceptors (Lipinski definition) is 3. The minimum absolute atomic E-state index is 0.288. The molecular weight excluding hydrogens is 298 g/mol. The number of aromatic nitrogens is 2. The third-order valence-electron chi connectivity index (χ3n) is 3.77. The Hall–Kier alpha value is -1.92. The van der Waals surface area contributed by atoms with Crippen molar-refractivity contribution in [2.75, 3.05) is 0 Å². The highest BCUT2D eigenvalue weighted by Crippen LogP contribution is 2.18. The second-order valence-electron chi connectivity index (χ2n) is 5.38. The van der Waals surface area contributed by atoms with E-state index in [-0.39, 0.29) is 6.54 Å². The molecule has 0 radical (unpaired) electrons. The lowest BCUT2D eigenvalue weighted by Gasteiger charge is -2.14. The van der Waals surface area contributed by atoms with Crippen molar-refractivity contribution < 1.29 is 8.42 Å². The number of hydrogen-bond donors (Lipinski definition) is 1. The third-order valence-corrected chi connectivity index (χ3v) is 4.81. The fourth-order valence-corrected chi connectivity index (χ4v) is 3.38. The fourth-order valence-electron chi connectivity index (χ4n) is 2.59. The van der Waals surface area contributed by atoms with Crippen LogP contribution in [0.3, 0.4) is 0 Å². The van der Waals surface area contributed by atoms with Gasteiger partial charge < -0.3 is 0 Å². The molecule has 0 saturated heterocycles. The van der Waals surface area contributed by atoms with Gasteiger partial charge >= 0.3 is 0 Å². The summed E-state index contributed by atoms with van der Waals surface area (Å²) in [4.78, 5) is 0. The van der Waals surface area contributed by atoms with Crippen molar-refractivity contribution in [1.29, 1.82) is 0 Å². The Balaban J connectivity index is 1.65. The van der Waals surface area contributed by atoms with Gasteiger partial charge in [0.25, 0.3) is 0 Å². The molecule has 3 rings (SSSR count). The first kappa shape index (κ1) is 15.0. The predicted molar refractivity (Wildman–Crippen MR) is 86.4 cm³/mol. The lowest BCUT2D eigenvalue weighted by atomic mass is 10.1. The van der Waals surface area contributed by atoms with Gasteiger partial charge in [-0.3, -0.25) is 4.68 Å². The summed E-state index contributed by atoms with van der Waals surface area (Å²) in [6.07, 6.45) is 6.61. The molecule has 0 saturated carbocycles. The van der Waals surface area contributed by atoms with Crippen molar-refractivity contribution >= 4 is 16.1 Å². The van der Waals surface area contributed by atoms with Crippen molar-refractivity contribution in [3.05, 3.63) is 58.8 Å². The molecule has 116 valence electrons. The summed E-state index contributed by atoms with van der Waals surface area (Å²) in [7, 11) is -3.45. The van der Waals surface area contributed by atoms with Crippen molar-refractivity contribution in [1.82, 2.24) is 14.5 Å². The Kier molecular flexibility index (Phi) is 4.40. The van der Waals surface area contributed by atoms with E-state index in [1.807, 2.05) is 35.0 Å². The van der Waals surface area contributed by atoms with Gasteiger partial charge in [0.2, 0.25) is 10.0 Å². The quantitative estimate of drug-likeness (QED) is 0.920. The second-order valence-corrected chi connectivity index (χ2v) is 7.03. The predicted octanol–water partition coefficient (Wildman–Crippen LogP) is 2.31. The first-order valence-electron chi connectivity index (χ1n) is 7.40. The van der Waals surface area contributed by atoms with E-state index in [1.54, 1.807) is 12.3 Å². The molecule has 1 aromatic carbocycles. The maximum atomic E-state index is 12.0. The van der Waals surface area contributed by atoms with Crippen LogP contribution in [0.4, 0.5) is 0 Å². The number of benzene rings is 1. The molecule has 22 heavy (non-hydrogen) atoms. The van der Waals surface area contributed by atoms with Crippen LogP contribution in [0.25, 0.3) is 6.08 Å². The Labute approximate surface area is 130 Å². The van der Waals surface area contributed by atoms with E-state index < -0.39 is 10.0 Å². The summed E-state index contributed by atoms with van der Waals surface area (Å²) in [6.45, 7) is 1.22. The van der Waals surface area contributed by atoms with E-state index in [0.29, 0.717) is 0 Å². The number of rotatable bonds is 5. The third kappa shape index (κ3) is 3.64. The van der Waals surface area contributed by atoms with Gasteiger partial charge in [0, 0.05) is 29.8 Å². The number of nitrogens with one attached hydrogen (secondary N) is 1. The molecule has 1 aromatic heterocycles. The van der Waals surface area contributed by atoms with Gasteiger partial charge in [-0.1, -0.05) is 30.3 Å². The summed E-state index contributed by atoms with van der Waals surface area (Å²) in [5.74, 6) is 0. The lowest BCUT2D eigenvalue weighted by molar-refractivity contribution is 0.484. The molecular formula is C16H19N3O2S. The zero-order chi connectivity index (χ0) is 15.4. The van der Waals surface area contributed by atoms with Crippen LogP contribution in [0.2, 0.25) is 0 Å². The zero-order valence-corrected chi connectivity index (χ0v) is 13.1. The Morgan fingerprint density at radius 1 is 1.23 bits per heavy atom. The average Bonchev–Trinajstić information content (AvgIpc) is 2.96. The van der Waals surface area contributed by atoms with Gasteiger partial charge in [0.1, 0.15) is 0 Å². The van der Waals surface area contributed by atoms with Crippen LogP contribution >= 0.6 is 0 Å². The molecule has 0 spiro atoms. The molecule has 2 aromatic rings. The molecule has 0 unspecified atom stereocenters. The van der Waals surface area contributed by atoms with E-state index in [9.17, 15) is 8.42 Å². The number of fused-ring (bicyclic) bond motifs is 1. The van der Waals surface area contributed by atoms with Gasteiger partial charge in [0.15, 0.2) is 0 Å². The molecule has 6 heteroatoms. The number of aryl methyl sites for hydroxylation is 1. The number of sulfonamides is 1. The standard InChI is InChI=1S/C16H19N3O2S/c20-22(21,11-9-14-6-2-1-3-7-14)18-13-15-12-17-19-10-5-4-8-16(15)19/h1-3,6-7,9,11-12,18H,4-5,8,10,13H2. The number of nitrogens with zero attached hydrogens (tertiary/aromatic N) is 2. The van der Waals surface area contributed by atoms with Gasteiger partial charge in [-0.2, -0.15) is 5.10 Å². The Morgan fingerprint density at radius 3 is 2.86 bits per heavy atom. The first-order valence-corrected chi connectivity index (χ1v) is 8.95. The summed E-state index contributed by atoms with van der Waals surface area (Å²) in [5, 5.41) is 5.52. The smallest absolute Gasteiger partial charge is 0.234 e.